The second-order valence-corrected chi connectivity index (χ2v) is 5.20. The van der Waals surface area contributed by atoms with Gasteiger partial charge >= 0.3 is 0 Å². The van der Waals surface area contributed by atoms with E-state index in [0.29, 0.717) is 0 Å². The van der Waals surface area contributed by atoms with Crippen molar-refractivity contribution in [1.82, 2.24) is 0 Å². The highest BCUT2D eigenvalue weighted by atomic mass is 16.5. The van der Waals surface area contributed by atoms with Gasteiger partial charge in [-0.1, -0.05) is 33.8 Å². The van der Waals surface area contributed by atoms with Gasteiger partial charge in [0.25, 0.3) is 0 Å². The third-order valence-corrected chi connectivity index (χ3v) is 2.82. The van der Waals surface area contributed by atoms with Crippen LogP contribution in [-0.2, 0) is 6.42 Å². The van der Waals surface area contributed by atoms with Gasteiger partial charge in [-0.2, -0.15) is 0 Å². The minimum absolute atomic E-state index is 0.181. The fourth-order valence-electron chi connectivity index (χ4n) is 1.68. The molecule has 1 aromatic rings. The van der Waals surface area contributed by atoms with Gasteiger partial charge in [-0.25, -0.2) is 0 Å². The summed E-state index contributed by atoms with van der Waals surface area (Å²) in [7, 11) is 1.64. The van der Waals surface area contributed by atoms with Crippen LogP contribution in [0.25, 0.3) is 0 Å². The normalized spacial score (nSPS) is 13.6. The molecule has 90 valence electrons. The molecule has 0 spiro atoms. The van der Waals surface area contributed by atoms with E-state index in [0.717, 1.165) is 17.7 Å². The molecule has 2 nitrogen and oxygen atoms in total. The predicted octanol–water partition coefficient (Wildman–Crippen LogP) is 3.34. The van der Waals surface area contributed by atoms with E-state index in [1.807, 2.05) is 39.0 Å². The first-order valence-corrected chi connectivity index (χ1v) is 5.75. The fourth-order valence-corrected chi connectivity index (χ4v) is 1.68. The molecule has 2 heteroatoms. The lowest BCUT2D eigenvalue weighted by molar-refractivity contribution is 0.0603. The predicted molar refractivity (Wildman–Crippen MR) is 66.8 cm³/mol. The van der Waals surface area contributed by atoms with Gasteiger partial charge in [0.2, 0.25) is 0 Å². The zero-order valence-electron chi connectivity index (χ0n) is 10.9. The van der Waals surface area contributed by atoms with Crippen LogP contribution >= 0.6 is 0 Å². The lowest BCUT2D eigenvalue weighted by atomic mass is 9.84. The van der Waals surface area contributed by atoms with Crippen LogP contribution in [0.4, 0.5) is 0 Å². The second kappa shape index (κ2) is 4.88. The summed E-state index contributed by atoms with van der Waals surface area (Å²) in [4.78, 5) is 0. The Labute approximate surface area is 98.3 Å². The number of aliphatic hydroxyl groups excluding tert-OH is 1. The monoisotopic (exact) mass is 222 g/mol. The summed E-state index contributed by atoms with van der Waals surface area (Å²) in [6, 6.07) is 6.01. The maximum absolute atomic E-state index is 10.3. The van der Waals surface area contributed by atoms with Gasteiger partial charge in [-0.15, -0.1) is 0 Å². The third kappa shape index (κ3) is 2.76. The van der Waals surface area contributed by atoms with Crippen molar-refractivity contribution in [3.63, 3.8) is 0 Å². The van der Waals surface area contributed by atoms with Crippen LogP contribution in [0.2, 0.25) is 0 Å². The maximum atomic E-state index is 10.3. The summed E-state index contributed by atoms with van der Waals surface area (Å²) in [5, 5.41) is 10.3. The lowest BCUT2D eigenvalue weighted by Crippen LogP contribution is -2.18. The van der Waals surface area contributed by atoms with E-state index in [4.69, 9.17) is 4.74 Å². The minimum atomic E-state index is -0.506. The van der Waals surface area contributed by atoms with E-state index in [9.17, 15) is 5.11 Å². The summed E-state index contributed by atoms with van der Waals surface area (Å²) in [5.41, 5.74) is 1.92. The highest BCUT2D eigenvalue weighted by Crippen LogP contribution is 2.37. The molecule has 1 aromatic carbocycles. The van der Waals surface area contributed by atoms with E-state index in [1.54, 1.807) is 7.11 Å². The highest BCUT2D eigenvalue weighted by Gasteiger charge is 2.26. The van der Waals surface area contributed by atoms with Crippen molar-refractivity contribution < 1.29 is 9.84 Å². The van der Waals surface area contributed by atoms with Crippen molar-refractivity contribution >= 4 is 0 Å². The average Bonchev–Trinajstić information content (AvgIpc) is 2.25. The molecule has 0 fully saturated rings. The Morgan fingerprint density at radius 1 is 1.31 bits per heavy atom. The van der Waals surface area contributed by atoms with Gasteiger partial charge in [0.15, 0.2) is 0 Å². The van der Waals surface area contributed by atoms with E-state index in [1.165, 1.54) is 5.56 Å². The van der Waals surface area contributed by atoms with Crippen LogP contribution in [0.1, 0.15) is 44.9 Å². The number of rotatable bonds is 3. The Bertz CT molecular complexity index is 350. The average molecular weight is 222 g/mol. The molecular weight excluding hydrogens is 200 g/mol. The Kier molecular flexibility index (Phi) is 3.98. The molecule has 16 heavy (non-hydrogen) atoms. The Morgan fingerprint density at radius 3 is 2.38 bits per heavy atom. The quantitative estimate of drug-likeness (QED) is 0.850. The molecular formula is C14H22O2. The van der Waals surface area contributed by atoms with Crippen LogP contribution in [0.3, 0.4) is 0 Å². The minimum Gasteiger partial charge on any atom is -0.496 e. The SMILES string of the molecule is CCc1ccc(OC)c(C(O)C(C)(C)C)c1. The van der Waals surface area contributed by atoms with E-state index in [2.05, 4.69) is 6.92 Å². The molecule has 0 aliphatic rings. The number of hydrogen-bond acceptors (Lipinski definition) is 2. The van der Waals surface area contributed by atoms with Crippen molar-refractivity contribution in [2.45, 2.75) is 40.2 Å². The molecule has 0 saturated carbocycles. The first-order chi connectivity index (χ1) is 7.40. The molecule has 0 aromatic heterocycles. The number of ether oxygens (including phenoxy) is 1. The van der Waals surface area contributed by atoms with E-state index in [-0.39, 0.29) is 5.41 Å². The van der Waals surface area contributed by atoms with Crippen LogP contribution < -0.4 is 4.74 Å². The van der Waals surface area contributed by atoms with Crippen molar-refractivity contribution in [1.29, 1.82) is 0 Å². The molecule has 1 unspecified atom stereocenters. The van der Waals surface area contributed by atoms with Crippen LogP contribution in [0, 0.1) is 5.41 Å². The Hall–Kier alpha value is -1.02. The summed E-state index contributed by atoms with van der Waals surface area (Å²) in [6.07, 6.45) is 0.461. The van der Waals surface area contributed by atoms with Crippen molar-refractivity contribution in [3.8, 4) is 5.75 Å². The Balaban J connectivity index is 3.18. The van der Waals surface area contributed by atoms with Crippen LogP contribution in [0.5, 0.6) is 5.75 Å². The number of aliphatic hydroxyl groups is 1. The zero-order chi connectivity index (χ0) is 12.3. The molecule has 1 rings (SSSR count). The summed E-state index contributed by atoms with van der Waals surface area (Å²) < 4.78 is 5.30. The van der Waals surface area contributed by atoms with Gasteiger partial charge in [-0.3, -0.25) is 0 Å². The summed E-state index contributed by atoms with van der Waals surface area (Å²) in [5.74, 6) is 0.764. The molecule has 0 radical (unpaired) electrons. The molecule has 1 atom stereocenters. The van der Waals surface area contributed by atoms with Gasteiger partial charge in [0.05, 0.1) is 13.2 Å². The third-order valence-electron chi connectivity index (χ3n) is 2.82. The fraction of sp³-hybridized carbons (Fsp3) is 0.571. The molecule has 1 N–H and O–H groups in total. The van der Waals surface area contributed by atoms with Crippen LogP contribution in [-0.4, -0.2) is 12.2 Å². The molecule has 0 saturated heterocycles. The van der Waals surface area contributed by atoms with Crippen molar-refractivity contribution in [3.05, 3.63) is 29.3 Å². The first-order valence-electron chi connectivity index (χ1n) is 5.75. The maximum Gasteiger partial charge on any atom is 0.124 e. The topological polar surface area (TPSA) is 29.5 Å². The second-order valence-electron chi connectivity index (χ2n) is 5.20. The molecule has 0 amide bonds. The molecule has 0 bridgehead atoms. The molecule has 0 heterocycles. The van der Waals surface area contributed by atoms with Gasteiger partial charge < -0.3 is 9.84 Å². The summed E-state index contributed by atoms with van der Waals surface area (Å²) >= 11 is 0. The number of benzene rings is 1. The zero-order valence-corrected chi connectivity index (χ0v) is 10.9. The highest BCUT2D eigenvalue weighted by molar-refractivity contribution is 5.39. The smallest absolute Gasteiger partial charge is 0.124 e. The van der Waals surface area contributed by atoms with Gasteiger partial charge in [0, 0.05) is 5.56 Å². The van der Waals surface area contributed by atoms with Gasteiger partial charge in [0.1, 0.15) is 5.75 Å². The van der Waals surface area contributed by atoms with Crippen LogP contribution in [0.15, 0.2) is 18.2 Å². The molecule has 0 aliphatic carbocycles. The standard InChI is InChI=1S/C14H22O2/c1-6-10-7-8-12(16-5)11(9-10)13(15)14(2,3)4/h7-9,13,15H,6H2,1-5H3. The largest absolute Gasteiger partial charge is 0.496 e. The van der Waals surface area contributed by atoms with Crippen molar-refractivity contribution in [2.24, 2.45) is 5.41 Å². The lowest BCUT2D eigenvalue weighted by Gasteiger charge is -2.27. The van der Waals surface area contributed by atoms with Gasteiger partial charge in [-0.05, 0) is 29.5 Å². The number of hydrogen-bond donors (Lipinski definition) is 1. The number of aryl methyl sites for hydroxylation is 1. The van der Waals surface area contributed by atoms with E-state index >= 15 is 0 Å². The number of methoxy groups -OCH3 is 1. The summed E-state index contributed by atoms with van der Waals surface area (Å²) in [6.45, 7) is 8.18. The Morgan fingerprint density at radius 2 is 1.94 bits per heavy atom. The molecule has 0 aliphatic heterocycles. The first kappa shape index (κ1) is 13.0. The van der Waals surface area contributed by atoms with Crippen molar-refractivity contribution in [2.75, 3.05) is 7.11 Å². The van der Waals surface area contributed by atoms with E-state index < -0.39 is 6.10 Å².